The fourth-order valence-corrected chi connectivity index (χ4v) is 7.57. The number of guanidine groups is 1. The molecule has 8 amide bonds. The van der Waals surface area contributed by atoms with Crippen molar-refractivity contribution in [1.29, 1.82) is 0 Å². The van der Waals surface area contributed by atoms with Gasteiger partial charge in [-0.15, -0.1) is 0 Å². The molecule has 0 heterocycles. The van der Waals surface area contributed by atoms with E-state index < -0.39 is 127 Å². The van der Waals surface area contributed by atoms with Crippen molar-refractivity contribution in [2.75, 3.05) is 26.3 Å². The summed E-state index contributed by atoms with van der Waals surface area (Å²) in [6.07, 6.45) is -0.529. The van der Waals surface area contributed by atoms with Gasteiger partial charge in [-0.05, 0) is 100 Å². The van der Waals surface area contributed by atoms with E-state index in [2.05, 4.69) is 47.5 Å². The van der Waals surface area contributed by atoms with Gasteiger partial charge in [-0.25, -0.2) is 4.79 Å². The zero-order valence-corrected chi connectivity index (χ0v) is 44.7. The van der Waals surface area contributed by atoms with Crippen LogP contribution in [-0.2, 0) is 49.6 Å². The van der Waals surface area contributed by atoms with Crippen LogP contribution in [0.2, 0.25) is 0 Å². The molecule has 21 N–H and O–H groups in total. The maximum atomic E-state index is 14.1. The average molecular weight is 1080 g/mol. The molecule has 0 aliphatic rings. The summed E-state index contributed by atoms with van der Waals surface area (Å²) in [4.78, 5) is 125. The van der Waals surface area contributed by atoms with Gasteiger partial charge >= 0.3 is 5.97 Å². The molecule has 27 nitrogen and oxygen atoms in total. The van der Waals surface area contributed by atoms with Crippen molar-refractivity contribution in [2.45, 2.75) is 167 Å². The van der Waals surface area contributed by atoms with Gasteiger partial charge in [0.25, 0.3) is 0 Å². The maximum absolute atomic E-state index is 14.1. The van der Waals surface area contributed by atoms with Crippen LogP contribution in [0, 0.1) is 17.8 Å². The Bertz CT molecular complexity index is 2070. The van der Waals surface area contributed by atoms with E-state index in [9.17, 15) is 68.7 Å². The summed E-state index contributed by atoms with van der Waals surface area (Å²) < 4.78 is 0. The molecule has 0 aliphatic carbocycles. The Hall–Kier alpha value is -6.68. The number of hydrogen-bond donors (Lipinski definition) is 17. The molecule has 0 radical (unpaired) electrons. The Morgan fingerprint density at radius 1 is 0.526 bits per heavy atom. The molecule has 0 saturated heterocycles. The van der Waals surface area contributed by atoms with Gasteiger partial charge in [-0.3, -0.25) is 43.3 Å². The quantitative estimate of drug-likeness (QED) is 0.0173. The van der Waals surface area contributed by atoms with Gasteiger partial charge in [0.2, 0.25) is 47.3 Å². The average Bonchev–Trinajstić information content (AvgIpc) is 3.33. The molecule has 0 aliphatic heterocycles. The molecular weight excluding hydrogens is 995 g/mol. The van der Waals surface area contributed by atoms with Gasteiger partial charge < -0.3 is 91.0 Å². The summed E-state index contributed by atoms with van der Waals surface area (Å²) in [6, 6.07) is -7.26. The lowest BCUT2D eigenvalue weighted by Gasteiger charge is -2.29. The lowest BCUT2D eigenvalue weighted by molar-refractivity contribution is -0.142. The number of aromatic hydroxyl groups is 1. The number of hydrogen-bond acceptors (Lipinski definition) is 16. The molecule has 0 aromatic heterocycles. The van der Waals surface area contributed by atoms with Gasteiger partial charge in [0, 0.05) is 13.0 Å². The Morgan fingerprint density at radius 2 is 0.934 bits per heavy atom. The molecule has 10 atom stereocenters. The first kappa shape index (κ1) is 67.3. The van der Waals surface area contributed by atoms with Gasteiger partial charge in [-0.1, -0.05) is 53.7 Å². The van der Waals surface area contributed by atoms with Crippen molar-refractivity contribution in [1.82, 2.24) is 42.5 Å². The summed E-state index contributed by atoms with van der Waals surface area (Å²) in [5.74, 6) is -9.68. The SMILES string of the molecule is CC(C)C[C@H](NC(=O)[C@H](CO)NC(=O)[C@H](CO)NC(=O)[C@H](CC(C)C)NC(=O)[C@@H](NC(=O)[C@H](CCCN=C(N)N)NC(=O)[C@H](Cc1ccc(O)cc1)NC(=O)[C@@H](N)CC(C)C)[C@@H](C)O)C(=O)N[C@@H](CCCCN)C(=O)O. The molecule has 1 aromatic carbocycles. The van der Waals surface area contributed by atoms with Gasteiger partial charge in [-0.2, -0.15) is 0 Å². The van der Waals surface area contributed by atoms with E-state index in [1.165, 1.54) is 31.2 Å². The summed E-state index contributed by atoms with van der Waals surface area (Å²) in [7, 11) is 0. The molecule has 1 aromatic rings. The number of phenols is 1. The van der Waals surface area contributed by atoms with Crippen LogP contribution in [-0.4, -0.2) is 172 Å². The molecule has 27 heteroatoms. The highest BCUT2D eigenvalue weighted by Crippen LogP contribution is 2.14. The fourth-order valence-electron chi connectivity index (χ4n) is 7.57. The lowest BCUT2D eigenvalue weighted by atomic mass is 10.0. The van der Waals surface area contributed by atoms with Crippen molar-refractivity contribution in [3.63, 3.8) is 0 Å². The van der Waals surface area contributed by atoms with Crippen molar-refractivity contribution in [3.05, 3.63) is 29.8 Å². The third-order valence-electron chi connectivity index (χ3n) is 11.6. The van der Waals surface area contributed by atoms with Crippen molar-refractivity contribution in [3.8, 4) is 5.75 Å². The maximum Gasteiger partial charge on any atom is 0.326 e. The Balaban J connectivity index is 3.38. The molecule has 0 spiro atoms. The van der Waals surface area contributed by atoms with Crippen molar-refractivity contribution < 1.29 is 68.7 Å². The number of aliphatic hydroxyl groups is 3. The summed E-state index contributed by atoms with van der Waals surface area (Å²) in [5.41, 5.74) is 23.1. The number of aliphatic carboxylic acids is 1. The minimum atomic E-state index is -1.79. The summed E-state index contributed by atoms with van der Waals surface area (Å²) >= 11 is 0. The van der Waals surface area contributed by atoms with Gasteiger partial charge in [0.15, 0.2) is 5.96 Å². The monoisotopic (exact) mass is 1080 g/mol. The van der Waals surface area contributed by atoms with Crippen LogP contribution in [0.15, 0.2) is 29.3 Å². The number of nitrogens with zero attached hydrogens (tertiary/aromatic N) is 1. The summed E-state index contributed by atoms with van der Waals surface area (Å²) in [5, 5.41) is 70.2. The number of aliphatic hydroxyl groups excluding tert-OH is 3. The third kappa shape index (κ3) is 25.7. The molecule has 1 rings (SSSR count). The van der Waals surface area contributed by atoms with E-state index in [1.54, 1.807) is 27.7 Å². The highest BCUT2D eigenvalue weighted by molar-refractivity contribution is 5.98. The number of rotatable bonds is 36. The Labute approximate surface area is 443 Å². The number of nitrogens with two attached hydrogens (primary N) is 4. The second-order valence-electron chi connectivity index (χ2n) is 20.0. The zero-order valence-electron chi connectivity index (χ0n) is 44.7. The van der Waals surface area contributed by atoms with Crippen LogP contribution in [0.1, 0.15) is 105 Å². The lowest BCUT2D eigenvalue weighted by Crippen LogP contribution is -2.62. The second kappa shape index (κ2) is 34.8. The highest BCUT2D eigenvalue weighted by Gasteiger charge is 2.36. The van der Waals surface area contributed by atoms with Crippen LogP contribution >= 0.6 is 0 Å². The number of nitrogens with one attached hydrogen (secondary N) is 8. The van der Waals surface area contributed by atoms with Crippen LogP contribution in [0.25, 0.3) is 0 Å². The number of aliphatic imine (C=N–C) groups is 1. The molecule has 76 heavy (non-hydrogen) atoms. The van der Waals surface area contributed by atoms with Crippen LogP contribution in [0.3, 0.4) is 0 Å². The Morgan fingerprint density at radius 3 is 1.38 bits per heavy atom. The van der Waals surface area contributed by atoms with E-state index in [-0.39, 0.29) is 74.5 Å². The second-order valence-corrected chi connectivity index (χ2v) is 20.0. The number of phenolic OH excluding ortho intramolecular Hbond substituents is 1. The van der Waals surface area contributed by atoms with Crippen LogP contribution in [0.5, 0.6) is 5.75 Å². The minimum absolute atomic E-state index is 0.0112. The normalized spacial score (nSPS) is 15.2. The first-order valence-corrected chi connectivity index (χ1v) is 25.5. The van der Waals surface area contributed by atoms with Crippen LogP contribution in [0.4, 0.5) is 0 Å². The number of carbonyl (C=O) groups is 9. The smallest absolute Gasteiger partial charge is 0.326 e. The summed E-state index contributed by atoms with van der Waals surface area (Å²) in [6.45, 7) is 10.0. The first-order chi connectivity index (χ1) is 35.6. The number of carboxylic acid groups (broad SMARTS) is 1. The predicted molar refractivity (Wildman–Crippen MR) is 280 cm³/mol. The molecular formula is C49H85N13O14. The van der Waals surface area contributed by atoms with Crippen molar-refractivity contribution in [2.24, 2.45) is 45.7 Å². The molecule has 0 bridgehead atoms. The molecule has 0 fully saturated rings. The largest absolute Gasteiger partial charge is 0.508 e. The van der Waals surface area contributed by atoms with E-state index in [0.717, 1.165) is 0 Å². The standard InChI is InChI=1S/C49H85N13O14/c1-25(2)19-31(51)40(67)57-36(22-29-13-15-30(66)16-14-29)44(71)55-32(12-10-18-54-49(52)53)41(68)62-39(28(7)65)47(74)59-35(21-27(5)6)43(70)60-38(24-64)46(73)61-37(23-63)45(72)58-34(20-26(3)4)42(69)56-33(48(75)76)11-8-9-17-50/h13-16,25-28,31-39,63-66H,8-12,17-24,50-51H2,1-7H3,(H,55,71)(H,56,69)(H,57,67)(H,58,72)(H,59,74)(H,60,70)(H,61,73)(H,62,68)(H,75,76)(H4,52,53,54)/t28-,31+,32+,33+,34+,35+,36+,37+,38+,39+/m1/s1. The van der Waals surface area contributed by atoms with Gasteiger partial charge in [0.05, 0.1) is 25.4 Å². The molecule has 430 valence electrons. The number of amides is 8. The van der Waals surface area contributed by atoms with E-state index in [1.807, 2.05) is 13.8 Å². The topological polar surface area (TPSA) is 467 Å². The number of carboxylic acids is 1. The number of benzene rings is 1. The zero-order chi connectivity index (χ0) is 57.8. The van der Waals surface area contributed by atoms with E-state index in [0.29, 0.717) is 31.4 Å². The third-order valence-corrected chi connectivity index (χ3v) is 11.6. The van der Waals surface area contributed by atoms with Crippen molar-refractivity contribution >= 4 is 59.2 Å². The van der Waals surface area contributed by atoms with E-state index >= 15 is 0 Å². The fraction of sp³-hybridized carbons (Fsp3) is 0.673. The minimum Gasteiger partial charge on any atom is -0.508 e. The molecule has 0 saturated carbocycles. The Kier molecular flexibility index (Phi) is 30.8. The highest BCUT2D eigenvalue weighted by atomic mass is 16.4. The van der Waals surface area contributed by atoms with E-state index in [4.69, 9.17) is 22.9 Å². The number of unbranched alkanes of at least 4 members (excludes halogenated alkanes) is 1. The molecule has 0 unspecified atom stereocenters. The number of carbonyl (C=O) groups excluding carboxylic acids is 8. The predicted octanol–water partition coefficient (Wildman–Crippen LogP) is -4.09. The first-order valence-electron chi connectivity index (χ1n) is 25.5. The van der Waals surface area contributed by atoms with Gasteiger partial charge in [0.1, 0.15) is 54.1 Å². The van der Waals surface area contributed by atoms with Crippen LogP contribution < -0.4 is 65.5 Å².